The number of carbonyl (C=O) groups is 1. The Labute approximate surface area is 232 Å². The van der Waals surface area contributed by atoms with E-state index >= 15 is 0 Å². The van der Waals surface area contributed by atoms with Crippen molar-refractivity contribution in [3.8, 4) is 0 Å². The maximum atomic E-state index is 14.9. The van der Waals surface area contributed by atoms with E-state index in [0.29, 0.717) is 40.3 Å². The van der Waals surface area contributed by atoms with Crippen molar-refractivity contribution < 1.29 is 19.0 Å². The van der Waals surface area contributed by atoms with Gasteiger partial charge in [-0.2, -0.15) is 0 Å². The predicted octanol–water partition coefficient (Wildman–Crippen LogP) is 6.26. The molecule has 1 aromatic carbocycles. The van der Waals surface area contributed by atoms with Crippen molar-refractivity contribution in [3.63, 3.8) is 0 Å². The van der Waals surface area contributed by atoms with Crippen LogP contribution in [0.2, 0.25) is 0 Å². The van der Waals surface area contributed by atoms with E-state index in [1.807, 2.05) is 6.92 Å². The van der Waals surface area contributed by atoms with E-state index in [1.54, 1.807) is 19.1 Å². The number of halogens is 1. The van der Waals surface area contributed by atoms with Crippen molar-refractivity contribution >= 4 is 16.8 Å². The highest BCUT2D eigenvalue weighted by Gasteiger charge is 2.63. The molecule has 6 rings (SSSR count). The molecule has 4 aliphatic rings. The second-order valence-corrected chi connectivity index (χ2v) is 14.4. The van der Waals surface area contributed by atoms with Gasteiger partial charge in [0.15, 0.2) is 11.6 Å². The van der Waals surface area contributed by atoms with Gasteiger partial charge in [-0.3, -0.25) is 4.79 Å². The van der Waals surface area contributed by atoms with Gasteiger partial charge in [0.05, 0.1) is 18.3 Å². The summed E-state index contributed by atoms with van der Waals surface area (Å²) in [6, 6.07) is 3.48. The van der Waals surface area contributed by atoms with Crippen LogP contribution in [-0.4, -0.2) is 44.2 Å². The van der Waals surface area contributed by atoms with Crippen molar-refractivity contribution in [2.45, 2.75) is 111 Å². The molecule has 4 fully saturated rings. The van der Waals surface area contributed by atoms with E-state index in [9.17, 15) is 14.3 Å². The predicted molar refractivity (Wildman–Crippen MR) is 148 cm³/mol. The molecule has 7 heteroatoms. The Balaban J connectivity index is 1.25. The first-order valence-corrected chi connectivity index (χ1v) is 15.3. The van der Waals surface area contributed by atoms with Crippen LogP contribution >= 0.6 is 0 Å². The third-order valence-corrected chi connectivity index (χ3v) is 11.8. The van der Waals surface area contributed by atoms with Crippen LogP contribution in [0.15, 0.2) is 12.1 Å². The molecule has 1 N–H and O–H groups in total. The average molecular weight is 540 g/mol. The van der Waals surface area contributed by atoms with Crippen molar-refractivity contribution in [2.24, 2.45) is 40.4 Å². The molecular weight excluding hydrogens is 493 g/mol. The second kappa shape index (κ2) is 9.61. The topological polar surface area (TPSA) is 77.2 Å². The Kier molecular flexibility index (Phi) is 6.73. The minimum Gasteiger partial charge on any atom is -0.390 e. The second-order valence-electron chi connectivity index (χ2n) is 14.4. The van der Waals surface area contributed by atoms with Gasteiger partial charge in [0.1, 0.15) is 17.6 Å². The monoisotopic (exact) mass is 539 g/mol. The number of ketones is 1. The number of rotatable bonds is 6. The maximum Gasteiger partial charge on any atom is 0.157 e. The average Bonchev–Trinajstić information content (AvgIpc) is 3.45. The highest BCUT2D eigenvalue weighted by molar-refractivity contribution is 5.84. The molecule has 0 unspecified atom stereocenters. The van der Waals surface area contributed by atoms with Crippen LogP contribution in [0.5, 0.6) is 0 Å². The SMILES string of the molecule is Cc1ccc2nnn(CC(=O)[C@H]3CC[C@H]4[C@@H]5CC[C@@H]6C[C@](C)(O)CC[C@]6(COC(C)C)[C@H]5CC[C@]34C)c2c1F. The molecule has 0 radical (unpaired) electrons. The lowest BCUT2D eigenvalue weighted by Gasteiger charge is -2.62. The number of carbonyl (C=O) groups excluding carboxylic acids is 1. The van der Waals surface area contributed by atoms with Crippen LogP contribution in [0.1, 0.15) is 91.0 Å². The molecule has 0 spiro atoms. The standard InChI is InChI=1S/C32H46FN3O3/c1-19(2)39-18-32-15-14-30(4,38)16-21(32)7-8-22-23-9-10-25(31(23,5)13-12-24(22)32)27(37)17-36-29-26(34-35-36)11-6-20(3)28(29)33/h6,11,19,21-25,38H,7-10,12-18H2,1-5H3/t21-,22+,23+,24+,25-,30-,31+,32-/m1/s1. The minimum absolute atomic E-state index is 0.0248. The number of ether oxygens (including phenoxy) is 1. The number of hydrogen-bond donors (Lipinski definition) is 1. The van der Waals surface area contributed by atoms with Gasteiger partial charge in [-0.05, 0) is 132 Å². The molecule has 0 aliphatic heterocycles. The number of aryl methyl sites for hydroxylation is 1. The Morgan fingerprint density at radius 3 is 2.69 bits per heavy atom. The van der Waals surface area contributed by atoms with Gasteiger partial charge >= 0.3 is 0 Å². The van der Waals surface area contributed by atoms with Crippen molar-refractivity contribution in [1.82, 2.24) is 15.0 Å². The van der Waals surface area contributed by atoms with Crippen molar-refractivity contribution in [1.29, 1.82) is 0 Å². The number of nitrogens with zero attached hydrogens (tertiary/aromatic N) is 3. The van der Waals surface area contributed by atoms with Gasteiger partial charge < -0.3 is 9.84 Å². The first-order chi connectivity index (χ1) is 18.4. The molecule has 1 aromatic heterocycles. The fraction of sp³-hybridized carbons (Fsp3) is 0.781. The number of fused-ring (bicyclic) bond motifs is 6. The fourth-order valence-electron chi connectivity index (χ4n) is 9.86. The smallest absolute Gasteiger partial charge is 0.157 e. The van der Waals surface area contributed by atoms with E-state index < -0.39 is 5.60 Å². The van der Waals surface area contributed by atoms with Crippen LogP contribution in [0.3, 0.4) is 0 Å². The normalized spacial score (nSPS) is 39.9. The molecule has 39 heavy (non-hydrogen) atoms. The quantitative estimate of drug-likeness (QED) is 0.469. The van der Waals surface area contributed by atoms with Crippen LogP contribution < -0.4 is 0 Å². The van der Waals surface area contributed by atoms with Gasteiger partial charge in [-0.15, -0.1) is 5.10 Å². The third-order valence-electron chi connectivity index (χ3n) is 11.8. The summed E-state index contributed by atoms with van der Waals surface area (Å²) in [5.74, 6) is 2.03. The summed E-state index contributed by atoms with van der Waals surface area (Å²) in [6.07, 6.45) is 9.47. The lowest BCUT2D eigenvalue weighted by atomic mass is 9.43. The molecule has 2 aromatic rings. The third kappa shape index (κ3) is 4.37. The fourth-order valence-corrected chi connectivity index (χ4v) is 9.86. The number of benzene rings is 1. The van der Waals surface area contributed by atoms with E-state index in [2.05, 4.69) is 31.1 Å². The Morgan fingerprint density at radius 2 is 1.92 bits per heavy atom. The molecule has 4 saturated carbocycles. The summed E-state index contributed by atoms with van der Waals surface area (Å²) in [4.78, 5) is 13.9. The van der Waals surface area contributed by atoms with Gasteiger partial charge in [-0.1, -0.05) is 18.2 Å². The van der Waals surface area contributed by atoms with Crippen LogP contribution in [-0.2, 0) is 16.1 Å². The summed E-state index contributed by atoms with van der Waals surface area (Å²) in [5, 5.41) is 19.3. The van der Waals surface area contributed by atoms with Crippen molar-refractivity contribution in [2.75, 3.05) is 6.61 Å². The summed E-state index contributed by atoms with van der Waals surface area (Å²) in [6.45, 7) is 11.2. The molecule has 0 amide bonds. The molecule has 6 nitrogen and oxygen atoms in total. The highest BCUT2D eigenvalue weighted by atomic mass is 19.1. The molecule has 4 aliphatic carbocycles. The zero-order valence-electron chi connectivity index (χ0n) is 24.4. The summed E-state index contributed by atoms with van der Waals surface area (Å²) < 4.78 is 22.8. The highest BCUT2D eigenvalue weighted by Crippen LogP contribution is 2.68. The van der Waals surface area contributed by atoms with Crippen LogP contribution in [0.4, 0.5) is 4.39 Å². The molecule has 0 saturated heterocycles. The summed E-state index contributed by atoms with van der Waals surface area (Å²) in [7, 11) is 0. The van der Waals surface area contributed by atoms with E-state index in [4.69, 9.17) is 4.74 Å². The molecular formula is C32H46FN3O3. The first-order valence-electron chi connectivity index (χ1n) is 15.3. The molecule has 0 bridgehead atoms. The number of Topliss-reactive ketones (excluding diaryl/α,β-unsaturated/α-hetero) is 1. The summed E-state index contributed by atoms with van der Waals surface area (Å²) in [5.41, 5.74) is 0.907. The van der Waals surface area contributed by atoms with E-state index in [1.165, 1.54) is 11.1 Å². The van der Waals surface area contributed by atoms with Crippen LogP contribution in [0.25, 0.3) is 11.0 Å². The van der Waals surface area contributed by atoms with E-state index in [-0.39, 0.29) is 41.0 Å². The Hall–Kier alpha value is -1.86. The largest absolute Gasteiger partial charge is 0.390 e. The summed E-state index contributed by atoms with van der Waals surface area (Å²) >= 11 is 0. The number of hydrogen-bond acceptors (Lipinski definition) is 5. The molecule has 214 valence electrons. The zero-order valence-corrected chi connectivity index (χ0v) is 24.4. The lowest BCUT2D eigenvalue weighted by molar-refractivity contribution is -0.183. The molecule has 8 atom stereocenters. The van der Waals surface area contributed by atoms with Gasteiger partial charge in [0.2, 0.25) is 0 Å². The van der Waals surface area contributed by atoms with Gasteiger partial charge in [-0.25, -0.2) is 9.07 Å². The zero-order chi connectivity index (χ0) is 27.7. The lowest BCUT2D eigenvalue weighted by Crippen LogP contribution is -2.58. The minimum atomic E-state index is -0.573. The number of aromatic nitrogens is 3. The Morgan fingerprint density at radius 1 is 1.13 bits per heavy atom. The van der Waals surface area contributed by atoms with Gasteiger partial charge in [0.25, 0.3) is 0 Å². The Bertz CT molecular complexity index is 1250. The first kappa shape index (κ1) is 27.3. The van der Waals surface area contributed by atoms with Crippen molar-refractivity contribution in [3.05, 3.63) is 23.5 Å². The van der Waals surface area contributed by atoms with E-state index in [0.717, 1.165) is 58.0 Å². The maximum absolute atomic E-state index is 14.9. The van der Waals surface area contributed by atoms with Crippen LogP contribution in [0, 0.1) is 53.2 Å². The number of aliphatic hydroxyl groups is 1. The molecule has 1 heterocycles. The van der Waals surface area contributed by atoms with Gasteiger partial charge in [0, 0.05) is 5.92 Å².